The van der Waals surface area contributed by atoms with E-state index in [4.69, 9.17) is 0 Å². The third-order valence-electron chi connectivity index (χ3n) is 4.08. The number of carbonyl (C=O) groups is 1. The number of halogens is 2. The average Bonchev–Trinajstić information content (AvgIpc) is 2.58. The summed E-state index contributed by atoms with van der Waals surface area (Å²) < 4.78 is 26.2. The van der Waals surface area contributed by atoms with Crippen LogP contribution in [0.4, 0.5) is 14.5 Å². The van der Waals surface area contributed by atoms with Gasteiger partial charge in [-0.3, -0.25) is 4.79 Å². The minimum absolute atomic E-state index is 0.0333. The molecule has 25 heavy (non-hydrogen) atoms. The quantitative estimate of drug-likeness (QED) is 0.375. The number of rotatable bonds is 14. The van der Waals surface area contributed by atoms with Crippen molar-refractivity contribution in [2.75, 3.05) is 16.8 Å². The molecule has 0 unspecified atom stereocenters. The smallest absolute Gasteiger partial charge is 0.234 e. The molecule has 2 nitrogen and oxygen atoms in total. The Bertz CT molecular complexity index is 497. The van der Waals surface area contributed by atoms with Crippen LogP contribution in [0.3, 0.4) is 0 Å². The van der Waals surface area contributed by atoms with Crippen LogP contribution in [-0.4, -0.2) is 17.4 Å². The van der Waals surface area contributed by atoms with Gasteiger partial charge in [0.15, 0.2) is 0 Å². The van der Waals surface area contributed by atoms with Gasteiger partial charge in [-0.05, 0) is 24.3 Å². The molecule has 5 heteroatoms. The fraction of sp³-hybridized carbons (Fsp3) is 0.650. The Labute approximate surface area is 155 Å². The minimum Gasteiger partial charge on any atom is -0.323 e. The van der Waals surface area contributed by atoms with Crippen molar-refractivity contribution in [1.82, 2.24) is 0 Å². The summed E-state index contributed by atoms with van der Waals surface area (Å²) in [6.45, 7) is 2.24. The summed E-state index contributed by atoms with van der Waals surface area (Å²) in [6, 6.07) is 3.15. The number of anilines is 1. The van der Waals surface area contributed by atoms with E-state index in [2.05, 4.69) is 12.2 Å². The number of nitrogens with one attached hydrogen (secondary N) is 1. The fourth-order valence-corrected chi connectivity index (χ4v) is 3.44. The van der Waals surface area contributed by atoms with Crippen LogP contribution in [0.25, 0.3) is 0 Å². The van der Waals surface area contributed by atoms with Gasteiger partial charge in [0.1, 0.15) is 11.6 Å². The van der Waals surface area contributed by atoms with Crippen molar-refractivity contribution in [3.8, 4) is 0 Å². The summed E-state index contributed by atoms with van der Waals surface area (Å²) in [4.78, 5) is 11.7. The molecule has 0 bridgehead atoms. The highest BCUT2D eigenvalue weighted by Crippen LogP contribution is 2.16. The SMILES string of the molecule is CCCCCCCCCCCCSCC(=O)Nc1ccc(F)cc1F. The van der Waals surface area contributed by atoms with E-state index >= 15 is 0 Å². The maximum absolute atomic E-state index is 13.4. The number of carbonyl (C=O) groups excluding carboxylic acids is 1. The molecule has 1 N–H and O–H groups in total. The summed E-state index contributed by atoms with van der Waals surface area (Å²) in [6.07, 6.45) is 13.0. The Morgan fingerprint density at radius 1 is 0.960 bits per heavy atom. The summed E-state index contributed by atoms with van der Waals surface area (Å²) in [5, 5.41) is 2.48. The van der Waals surface area contributed by atoms with Gasteiger partial charge >= 0.3 is 0 Å². The van der Waals surface area contributed by atoms with Crippen LogP contribution in [0.2, 0.25) is 0 Å². The Morgan fingerprint density at radius 2 is 1.56 bits per heavy atom. The predicted octanol–water partition coefficient (Wildman–Crippen LogP) is 6.56. The average molecular weight is 372 g/mol. The van der Waals surface area contributed by atoms with Crippen LogP contribution in [0.15, 0.2) is 18.2 Å². The van der Waals surface area contributed by atoms with Crippen LogP contribution in [-0.2, 0) is 4.79 Å². The molecular formula is C20H31F2NOS. The molecule has 1 aromatic carbocycles. The second-order valence-corrected chi connectivity index (χ2v) is 7.51. The maximum atomic E-state index is 13.4. The second kappa shape index (κ2) is 14.1. The lowest BCUT2D eigenvalue weighted by Gasteiger charge is -2.06. The zero-order valence-electron chi connectivity index (χ0n) is 15.3. The highest BCUT2D eigenvalue weighted by Gasteiger charge is 2.07. The van der Waals surface area contributed by atoms with Crippen LogP contribution < -0.4 is 5.32 Å². The second-order valence-electron chi connectivity index (χ2n) is 6.41. The molecule has 1 amide bonds. The van der Waals surface area contributed by atoms with Crippen LogP contribution in [0.5, 0.6) is 0 Å². The Morgan fingerprint density at radius 3 is 2.16 bits per heavy atom. The van der Waals surface area contributed by atoms with Crippen molar-refractivity contribution in [1.29, 1.82) is 0 Å². The van der Waals surface area contributed by atoms with Crippen LogP contribution in [0.1, 0.15) is 71.1 Å². The molecule has 0 aliphatic rings. The summed E-state index contributed by atoms with van der Waals surface area (Å²) in [7, 11) is 0. The third-order valence-corrected chi connectivity index (χ3v) is 5.12. The Hall–Kier alpha value is -1.10. The van der Waals surface area contributed by atoms with Gasteiger partial charge in [0.2, 0.25) is 5.91 Å². The first-order valence-corrected chi connectivity index (χ1v) is 10.6. The summed E-state index contributed by atoms with van der Waals surface area (Å²) >= 11 is 1.56. The van der Waals surface area contributed by atoms with Crippen molar-refractivity contribution < 1.29 is 13.6 Å². The van der Waals surface area contributed by atoms with Crippen molar-refractivity contribution in [3.05, 3.63) is 29.8 Å². The van der Waals surface area contributed by atoms with Crippen molar-refractivity contribution in [3.63, 3.8) is 0 Å². The van der Waals surface area contributed by atoms with E-state index in [9.17, 15) is 13.6 Å². The molecule has 0 aliphatic heterocycles. The van der Waals surface area contributed by atoms with Gasteiger partial charge in [0, 0.05) is 6.07 Å². The standard InChI is InChI=1S/C20H31F2NOS/c1-2-3-4-5-6-7-8-9-10-11-14-25-16-20(24)23-19-13-12-17(21)15-18(19)22/h12-13,15H,2-11,14,16H2,1H3,(H,23,24). The first kappa shape index (κ1) is 21.9. The lowest BCUT2D eigenvalue weighted by atomic mass is 10.1. The van der Waals surface area contributed by atoms with Gasteiger partial charge in [-0.2, -0.15) is 11.8 Å². The molecule has 1 rings (SSSR count). The number of benzene rings is 1. The molecule has 0 aliphatic carbocycles. The minimum atomic E-state index is -0.743. The molecule has 0 fully saturated rings. The fourth-order valence-electron chi connectivity index (χ4n) is 2.63. The first-order valence-electron chi connectivity index (χ1n) is 9.46. The number of thioether (sulfide) groups is 1. The van der Waals surface area contributed by atoms with Crippen LogP contribution >= 0.6 is 11.8 Å². The van der Waals surface area contributed by atoms with E-state index in [-0.39, 0.29) is 11.6 Å². The molecule has 0 radical (unpaired) electrons. The number of hydrogen-bond acceptors (Lipinski definition) is 2. The van der Waals surface area contributed by atoms with E-state index in [1.165, 1.54) is 63.9 Å². The van der Waals surface area contributed by atoms with Gasteiger partial charge in [-0.25, -0.2) is 8.78 Å². The lowest BCUT2D eigenvalue weighted by Crippen LogP contribution is -2.15. The van der Waals surface area contributed by atoms with Gasteiger partial charge < -0.3 is 5.32 Å². The summed E-state index contributed by atoms with van der Waals surface area (Å²) in [5.41, 5.74) is 0.0333. The molecule has 1 aromatic rings. The molecule has 0 spiro atoms. The van der Waals surface area contributed by atoms with Crippen molar-refractivity contribution >= 4 is 23.4 Å². The topological polar surface area (TPSA) is 29.1 Å². The van der Waals surface area contributed by atoms with E-state index < -0.39 is 11.6 Å². The Balaban J connectivity index is 1.95. The molecule has 0 atom stereocenters. The molecule has 0 saturated heterocycles. The molecule has 0 aromatic heterocycles. The number of hydrogen-bond donors (Lipinski definition) is 1. The van der Waals surface area contributed by atoms with E-state index in [0.717, 1.165) is 24.3 Å². The molecular weight excluding hydrogens is 340 g/mol. The van der Waals surface area contributed by atoms with Gasteiger partial charge in [-0.1, -0.05) is 64.7 Å². The monoisotopic (exact) mass is 371 g/mol. The van der Waals surface area contributed by atoms with Gasteiger partial charge in [-0.15, -0.1) is 0 Å². The lowest BCUT2D eigenvalue weighted by molar-refractivity contribution is -0.113. The van der Waals surface area contributed by atoms with Gasteiger partial charge in [0.25, 0.3) is 0 Å². The van der Waals surface area contributed by atoms with Crippen molar-refractivity contribution in [2.24, 2.45) is 0 Å². The number of unbranched alkanes of at least 4 members (excludes halogenated alkanes) is 9. The van der Waals surface area contributed by atoms with E-state index in [0.29, 0.717) is 5.75 Å². The predicted molar refractivity (Wildman–Crippen MR) is 104 cm³/mol. The van der Waals surface area contributed by atoms with Gasteiger partial charge in [0.05, 0.1) is 11.4 Å². The molecule has 142 valence electrons. The third kappa shape index (κ3) is 11.2. The van der Waals surface area contributed by atoms with E-state index in [1.54, 1.807) is 11.8 Å². The largest absolute Gasteiger partial charge is 0.323 e. The maximum Gasteiger partial charge on any atom is 0.234 e. The van der Waals surface area contributed by atoms with Crippen molar-refractivity contribution in [2.45, 2.75) is 71.1 Å². The highest BCUT2D eigenvalue weighted by atomic mass is 32.2. The summed E-state index contributed by atoms with van der Waals surface area (Å²) in [5.74, 6) is -0.397. The molecule has 0 heterocycles. The zero-order chi connectivity index (χ0) is 18.3. The first-order chi connectivity index (χ1) is 12.1. The highest BCUT2D eigenvalue weighted by molar-refractivity contribution is 7.99. The Kier molecular flexibility index (Phi) is 12.4. The molecule has 0 saturated carbocycles. The number of amides is 1. The normalized spacial score (nSPS) is 10.8. The zero-order valence-corrected chi connectivity index (χ0v) is 16.1. The van der Waals surface area contributed by atoms with E-state index in [1.807, 2.05) is 0 Å². The van der Waals surface area contributed by atoms with Crippen LogP contribution in [0, 0.1) is 11.6 Å².